The molecule has 0 nitrogen and oxygen atoms in total. The fourth-order valence-corrected chi connectivity index (χ4v) is 5.84. The lowest BCUT2D eigenvalue weighted by Crippen LogP contribution is -2.17. The van der Waals surface area contributed by atoms with Crippen LogP contribution < -0.4 is 0 Å². The molecule has 2 unspecified atom stereocenters. The van der Waals surface area contributed by atoms with Gasteiger partial charge in [-0.1, -0.05) is 98.6 Å². The van der Waals surface area contributed by atoms with E-state index in [-0.39, 0.29) is 0 Å². The second kappa shape index (κ2) is 8.87. The molecule has 2 atom stereocenters. The average Bonchev–Trinajstić information content (AvgIpc) is 3.21. The summed E-state index contributed by atoms with van der Waals surface area (Å²) in [6.45, 7) is 4.67. The quantitative estimate of drug-likeness (QED) is 0.390. The highest BCUT2D eigenvalue weighted by Gasteiger charge is 2.28. The summed E-state index contributed by atoms with van der Waals surface area (Å²) in [5, 5.41) is 0. The van der Waals surface area contributed by atoms with Crippen LogP contribution in [0.4, 0.5) is 0 Å². The van der Waals surface area contributed by atoms with Crippen molar-refractivity contribution in [2.45, 2.75) is 64.7 Å². The molecule has 3 aromatic rings. The first kappa shape index (κ1) is 20.3. The number of benzene rings is 3. The van der Waals surface area contributed by atoms with Crippen LogP contribution in [0.25, 0.3) is 6.08 Å². The number of allylic oxidation sites excluding steroid dienone is 1. The van der Waals surface area contributed by atoms with E-state index in [4.69, 9.17) is 0 Å². The first-order chi connectivity index (χ1) is 15.3. The standard InChI is InChI=1S/C31H34/c1-3-22-15-17-29-26(16-14-23-10-6-5-7-11-23)20-28(21-27(29)18-22)31-24(4-2)19-25-12-8-9-13-30(25)31/h5-13,19-22,31H,3-4,14-18H2,1-2H3. The van der Waals surface area contributed by atoms with Crippen LogP contribution in [0, 0.1) is 5.92 Å². The summed E-state index contributed by atoms with van der Waals surface area (Å²) in [5.74, 6) is 1.28. The van der Waals surface area contributed by atoms with Crippen molar-refractivity contribution in [1.82, 2.24) is 0 Å². The molecule has 2 aliphatic rings. The smallest absolute Gasteiger partial charge is 0.0308 e. The maximum atomic E-state index is 2.58. The molecule has 0 bridgehead atoms. The van der Waals surface area contributed by atoms with Crippen molar-refractivity contribution in [2.75, 3.05) is 0 Å². The highest BCUT2D eigenvalue weighted by atomic mass is 14.3. The lowest BCUT2D eigenvalue weighted by molar-refractivity contribution is 0.443. The molecule has 31 heavy (non-hydrogen) atoms. The van der Waals surface area contributed by atoms with Gasteiger partial charge in [0, 0.05) is 5.92 Å². The predicted molar refractivity (Wildman–Crippen MR) is 133 cm³/mol. The summed E-state index contributed by atoms with van der Waals surface area (Å²) in [6.07, 6.45) is 11.0. The lowest BCUT2D eigenvalue weighted by atomic mass is 9.76. The topological polar surface area (TPSA) is 0 Å². The molecule has 3 aromatic carbocycles. The molecule has 0 saturated carbocycles. The number of rotatable bonds is 6. The van der Waals surface area contributed by atoms with Crippen LogP contribution in [-0.2, 0) is 25.7 Å². The van der Waals surface area contributed by atoms with Gasteiger partial charge in [0.15, 0.2) is 0 Å². The van der Waals surface area contributed by atoms with Gasteiger partial charge in [0.2, 0.25) is 0 Å². The molecule has 0 amide bonds. The highest BCUT2D eigenvalue weighted by molar-refractivity contribution is 5.69. The van der Waals surface area contributed by atoms with Crippen LogP contribution in [0.1, 0.15) is 78.0 Å². The number of aryl methyl sites for hydroxylation is 2. The number of hydrogen-bond donors (Lipinski definition) is 0. The largest absolute Gasteiger partial charge is 0.0651 e. The third-order valence-corrected chi connectivity index (χ3v) is 7.63. The number of hydrogen-bond acceptors (Lipinski definition) is 0. The maximum absolute atomic E-state index is 2.58. The first-order valence-corrected chi connectivity index (χ1v) is 12.2. The van der Waals surface area contributed by atoms with Crippen LogP contribution in [0.15, 0.2) is 72.3 Å². The Morgan fingerprint density at radius 1 is 0.871 bits per heavy atom. The Kier molecular flexibility index (Phi) is 5.81. The van der Waals surface area contributed by atoms with Crippen molar-refractivity contribution >= 4 is 6.08 Å². The molecular weight excluding hydrogens is 372 g/mol. The average molecular weight is 407 g/mol. The van der Waals surface area contributed by atoms with Crippen molar-refractivity contribution in [3.05, 3.63) is 111 Å². The zero-order valence-corrected chi connectivity index (χ0v) is 19.0. The normalized spacial score (nSPS) is 19.6. The summed E-state index contributed by atoms with van der Waals surface area (Å²) < 4.78 is 0. The Balaban J connectivity index is 1.55. The van der Waals surface area contributed by atoms with Crippen molar-refractivity contribution in [3.8, 4) is 0 Å². The van der Waals surface area contributed by atoms with Gasteiger partial charge in [0.1, 0.15) is 0 Å². The molecule has 5 rings (SSSR count). The molecule has 2 aliphatic carbocycles. The van der Waals surface area contributed by atoms with E-state index in [1.54, 1.807) is 22.3 Å². The fourth-order valence-electron chi connectivity index (χ4n) is 5.84. The molecule has 0 spiro atoms. The van der Waals surface area contributed by atoms with Crippen molar-refractivity contribution < 1.29 is 0 Å². The molecule has 0 radical (unpaired) electrons. The van der Waals surface area contributed by atoms with E-state index in [9.17, 15) is 0 Å². The summed E-state index contributed by atoms with van der Waals surface area (Å²) in [6, 6.07) is 25.2. The third-order valence-electron chi connectivity index (χ3n) is 7.63. The fraction of sp³-hybridized carbons (Fsp3) is 0.355. The first-order valence-electron chi connectivity index (χ1n) is 12.2. The van der Waals surface area contributed by atoms with E-state index in [1.165, 1.54) is 47.9 Å². The molecular formula is C31H34. The lowest BCUT2D eigenvalue weighted by Gasteiger charge is -2.28. The Morgan fingerprint density at radius 2 is 1.68 bits per heavy atom. The van der Waals surface area contributed by atoms with E-state index < -0.39 is 0 Å². The molecule has 0 N–H and O–H groups in total. The Hall–Kier alpha value is -2.60. The number of fused-ring (bicyclic) bond motifs is 2. The van der Waals surface area contributed by atoms with Gasteiger partial charge in [-0.2, -0.15) is 0 Å². The van der Waals surface area contributed by atoms with Crippen LogP contribution in [-0.4, -0.2) is 0 Å². The molecule has 0 heteroatoms. The van der Waals surface area contributed by atoms with E-state index in [2.05, 4.69) is 86.7 Å². The van der Waals surface area contributed by atoms with E-state index in [1.807, 2.05) is 0 Å². The van der Waals surface area contributed by atoms with Gasteiger partial charge >= 0.3 is 0 Å². The summed E-state index contributed by atoms with van der Waals surface area (Å²) in [4.78, 5) is 0. The van der Waals surface area contributed by atoms with Gasteiger partial charge in [0.05, 0.1) is 0 Å². The Labute approximate surface area is 188 Å². The Bertz CT molecular complexity index is 1090. The SMILES string of the molecule is CCC1=Cc2ccccc2C1c1cc(CCc2ccccc2)c2c(c1)CC(CC)CC2. The minimum Gasteiger partial charge on any atom is -0.0651 e. The minimum atomic E-state index is 0.434. The van der Waals surface area contributed by atoms with Crippen molar-refractivity contribution in [3.63, 3.8) is 0 Å². The summed E-state index contributed by atoms with van der Waals surface area (Å²) >= 11 is 0. The molecule has 0 fully saturated rings. The molecule has 0 heterocycles. The van der Waals surface area contributed by atoms with Gasteiger partial charge in [-0.3, -0.25) is 0 Å². The zero-order chi connectivity index (χ0) is 21.2. The zero-order valence-electron chi connectivity index (χ0n) is 19.0. The molecule has 0 aliphatic heterocycles. The van der Waals surface area contributed by atoms with E-state index in [0.717, 1.165) is 25.2 Å². The maximum Gasteiger partial charge on any atom is 0.0308 e. The molecule has 0 aromatic heterocycles. The second-order valence-corrected chi connectivity index (χ2v) is 9.46. The van der Waals surface area contributed by atoms with Crippen molar-refractivity contribution in [1.29, 1.82) is 0 Å². The summed E-state index contributed by atoms with van der Waals surface area (Å²) in [5.41, 5.74) is 12.4. The van der Waals surface area contributed by atoms with Crippen molar-refractivity contribution in [2.24, 2.45) is 5.92 Å². The third kappa shape index (κ3) is 4.01. The van der Waals surface area contributed by atoms with Gasteiger partial charge in [-0.15, -0.1) is 0 Å². The summed E-state index contributed by atoms with van der Waals surface area (Å²) in [7, 11) is 0. The van der Waals surface area contributed by atoms with Gasteiger partial charge < -0.3 is 0 Å². The van der Waals surface area contributed by atoms with Gasteiger partial charge in [0.25, 0.3) is 0 Å². The van der Waals surface area contributed by atoms with Crippen LogP contribution in [0.2, 0.25) is 0 Å². The van der Waals surface area contributed by atoms with E-state index >= 15 is 0 Å². The minimum absolute atomic E-state index is 0.434. The Morgan fingerprint density at radius 3 is 2.48 bits per heavy atom. The molecule has 0 saturated heterocycles. The second-order valence-electron chi connectivity index (χ2n) is 9.46. The van der Waals surface area contributed by atoms with Crippen LogP contribution in [0.5, 0.6) is 0 Å². The van der Waals surface area contributed by atoms with Gasteiger partial charge in [-0.25, -0.2) is 0 Å². The van der Waals surface area contributed by atoms with E-state index in [0.29, 0.717) is 5.92 Å². The van der Waals surface area contributed by atoms with Crippen LogP contribution in [0.3, 0.4) is 0 Å². The monoisotopic (exact) mass is 406 g/mol. The molecule has 158 valence electrons. The highest BCUT2D eigenvalue weighted by Crippen LogP contribution is 2.44. The van der Waals surface area contributed by atoms with Crippen LogP contribution >= 0.6 is 0 Å². The van der Waals surface area contributed by atoms with Gasteiger partial charge in [-0.05, 0) is 83.4 Å². The predicted octanol–water partition coefficient (Wildman–Crippen LogP) is 7.93.